The van der Waals surface area contributed by atoms with Crippen molar-refractivity contribution in [1.82, 2.24) is 5.32 Å². The van der Waals surface area contributed by atoms with Crippen molar-refractivity contribution in [2.45, 2.75) is 25.9 Å². The molecule has 0 aliphatic rings. The number of hydrogen-bond acceptors (Lipinski definition) is 3. The van der Waals surface area contributed by atoms with Crippen LogP contribution in [0.15, 0.2) is 35.7 Å². The molecular formula is C15H18FNOS. The summed E-state index contributed by atoms with van der Waals surface area (Å²) in [5, 5.41) is 5.46. The Morgan fingerprint density at radius 2 is 2.16 bits per heavy atom. The normalized spacial score (nSPS) is 12.4. The van der Waals surface area contributed by atoms with E-state index in [0.717, 1.165) is 6.42 Å². The van der Waals surface area contributed by atoms with Gasteiger partial charge in [0.15, 0.2) is 11.6 Å². The zero-order chi connectivity index (χ0) is 13.7. The Morgan fingerprint density at radius 3 is 2.79 bits per heavy atom. The summed E-state index contributed by atoms with van der Waals surface area (Å²) in [4.78, 5) is 1.28. The monoisotopic (exact) mass is 279 g/mol. The van der Waals surface area contributed by atoms with Gasteiger partial charge in [-0.2, -0.15) is 0 Å². The van der Waals surface area contributed by atoms with Crippen LogP contribution in [-0.4, -0.2) is 7.11 Å². The van der Waals surface area contributed by atoms with Gasteiger partial charge in [-0.25, -0.2) is 4.39 Å². The van der Waals surface area contributed by atoms with Crippen LogP contribution in [-0.2, 0) is 6.54 Å². The van der Waals surface area contributed by atoms with Crippen LogP contribution in [0, 0.1) is 5.82 Å². The summed E-state index contributed by atoms with van der Waals surface area (Å²) in [5.41, 5.74) is 0.634. The van der Waals surface area contributed by atoms with Crippen molar-refractivity contribution in [2.24, 2.45) is 0 Å². The first-order valence-corrected chi connectivity index (χ1v) is 7.22. The largest absolute Gasteiger partial charge is 0.494 e. The van der Waals surface area contributed by atoms with Crippen molar-refractivity contribution in [3.8, 4) is 5.75 Å². The standard InChI is InChI=1S/C15H18FNOS/c1-3-12(14-8-5-9-19-14)17-10-11-6-4-7-13(18-2)15(11)16/h4-9,12,17H,3,10H2,1-2H3. The summed E-state index contributed by atoms with van der Waals surface area (Å²) in [5.74, 6) is 0.0157. The van der Waals surface area contributed by atoms with Gasteiger partial charge in [-0.05, 0) is 23.9 Å². The fourth-order valence-corrected chi connectivity index (χ4v) is 2.90. The zero-order valence-corrected chi connectivity index (χ0v) is 12.0. The summed E-state index contributed by atoms with van der Waals surface area (Å²) < 4.78 is 19.0. The topological polar surface area (TPSA) is 21.3 Å². The Labute approximate surface area is 117 Å². The van der Waals surface area contributed by atoms with Crippen molar-refractivity contribution in [3.63, 3.8) is 0 Å². The van der Waals surface area contributed by atoms with Crippen molar-refractivity contribution >= 4 is 11.3 Å². The van der Waals surface area contributed by atoms with Gasteiger partial charge in [-0.3, -0.25) is 0 Å². The third kappa shape index (κ3) is 3.33. The highest BCUT2D eigenvalue weighted by Gasteiger charge is 2.12. The number of thiophene rings is 1. The van der Waals surface area contributed by atoms with Crippen LogP contribution in [0.5, 0.6) is 5.75 Å². The first kappa shape index (κ1) is 14.0. The molecule has 0 spiro atoms. The van der Waals surface area contributed by atoms with Crippen LogP contribution >= 0.6 is 11.3 Å². The molecule has 2 rings (SSSR count). The average Bonchev–Trinajstić information content (AvgIpc) is 2.95. The van der Waals surface area contributed by atoms with Crippen molar-refractivity contribution in [1.29, 1.82) is 0 Å². The lowest BCUT2D eigenvalue weighted by molar-refractivity contribution is 0.382. The second-order valence-corrected chi connectivity index (χ2v) is 5.27. The van der Waals surface area contributed by atoms with Gasteiger partial charge in [-0.1, -0.05) is 25.1 Å². The first-order valence-electron chi connectivity index (χ1n) is 6.34. The van der Waals surface area contributed by atoms with Crippen molar-refractivity contribution < 1.29 is 9.13 Å². The van der Waals surface area contributed by atoms with E-state index in [-0.39, 0.29) is 11.9 Å². The summed E-state index contributed by atoms with van der Waals surface area (Å²) in [6, 6.07) is 9.64. The molecule has 0 amide bonds. The SMILES string of the molecule is CCC(NCc1cccc(OC)c1F)c1cccs1. The van der Waals surface area contributed by atoms with E-state index in [2.05, 4.69) is 23.7 Å². The van der Waals surface area contributed by atoms with Gasteiger partial charge in [0.2, 0.25) is 0 Å². The van der Waals surface area contributed by atoms with Crippen LogP contribution in [0.4, 0.5) is 4.39 Å². The fourth-order valence-electron chi connectivity index (χ4n) is 2.02. The number of rotatable bonds is 6. The molecule has 0 bridgehead atoms. The summed E-state index contributed by atoms with van der Waals surface area (Å²) >= 11 is 1.72. The highest BCUT2D eigenvalue weighted by atomic mass is 32.1. The molecule has 0 aliphatic carbocycles. The van der Waals surface area contributed by atoms with Crippen LogP contribution < -0.4 is 10.1 Å². The summed E-state index contributed by atoms with van der Waals surface area (Å²) in [7, 11) is 1.48. The van der Waals surface area contributed by atoms with Crippen molar-refractivity contribution in [2.75, 3.05) is 7.11 Å². The molecule has 19 heavy (non-hydrogen) atoms. The van der Waals surface area contributed by atoms with E-state index in [4.69, 9.17) is 4.74 Å². The minimum absolute atomic E-state index is 0.269. The fraction of sp³-hybridized carbons (Fsp3) is 0.333. The lowest BCUT2D eigenvalue weighted by Gasteiger charge is -2.16. The molecule has 0 radical (unpaired) electrons. The molecule has 2 nitrogen and oxygen atoms in total. The molecule has 0 saturated carbocycles. The minimum atomic E-state index is -0.279. The maximum atomic E-state index is 14.0. The Kier molecular flexibility index (Phi) is 4.93. The Balaban J connectivity index is 2.06. The highest BCUT2D eigenvalue weighted by Crippen LogP contribution is 2.24. The van der Waals surface area contributed by atoms with Gasteiger partial charge in [-0.15, -0.1) is 11.3 Å². The van der Waals surface area contributed by atoms with Gasteiger partial charge in [0.05, 0.1) is 7.11 Å². The summed E-state index contributed by atoms with van der Waals surface area (Å²) in [6.45, 7) is 2.62. The number of methoxy groups -OCH3 is 1. The maximum absolute atomic E-state index is 14.0. The predicted octanol–water partition coefficient (Wildman–Crippen LogP) is 4.14. The molecule has 1 aromatic carbocycles. The predicted molar refractivity (Wildman–Crippen MR) is 77.1 cm³/mol. The van der Waals surface area contributed by atoms with Crippen LogP contribution in [0.1, 0.15) is 29.8 Å². The third-order valence-electron chi connectivity index (χ3n) is 3.10. The molecule has 1 aromatic heterocycles. The molecule has 0 fully saturated rings. The molecule has 1 unspecified atom stereocenters. The molecule has 1 N–H and O–H groups in total. The molecule has 1 heterocycles. The zero-order valence-electron chi connectivity index (χ0n) is 11.2. The lowest BCUT2D eigenvalue weighted by atomic mass is 10.1. The van der Waals surface area contributed by atoms with E-state index in [1.54, 1.807) is 23.5 Å². The van der Waals surface area contributed by atoms with E-state index in [0.29, 0.717) is 17.9 Å². The Morgan fingerprint density at radius 1 is 1.32 bits per heavy atom. The van der Waals surface area contributed by atoms with E-state index < -0.39 is 0 Å². The minimum Gasteiger partial charge on any atom is -0.494 e. The van der Waals surface area contributed by atoms with Gasteiger partial charge < -0.3 is 10.1 Å². The van der Waals surface area contributed by atoms with E-state index in [9.17, 15) is 4.39 Å². The molecule has 2 aromatic rings. The second kappa shape index (κ2) is 6.68. The first-order chi connectivity index (χ1) is 9.26. The van der Waals surface area contributed by atoms with Crippen LogP contribution in [0.2, 0.25) is 0 Å². The molecular weight excluding hydrogens is 261 g/mol. The van der Waals surface area contributed by atoms with Gasteiger partial charge in [0, 0.05) is 23.0 Å². The van der Waals surface area contributed by atoms with Crippen LogP contribution in [0.25, 0.3) is 0 Å². The lowest BCUT2D eigenvalue weighted by Crippen LogP contribution is -2.20. The Bertz CT molecular complexity index is 513. The molecule has 0 aliphatic heterocycles. The quantitative estimate of drug-likeness (QED) is 0.858. The average molecular weight is 279 g/mol. The number of ether oxygens (including phenoxy) is 1. The van der Waals surface area contributed by atoms with E-state index >= 15 is 0 Å². The van der Waals surface area contributed by atoms with Gasteiger partial charge in [0.1, 0.15) is 0 Å². The Hall–Kier alpha value is -1.39. The molecule has 4 heteroatoms. The maximum Gasteiger partial charge on any atom is 0.169 e. The second-order valence-electron chi connectivity index (χ2n) is 4.29. The molecule has 1 atom stereocenters. The van der Waals surface area contributed by atoms with Crippen LogP contribution in [0.3, 0.4) is 0 Å². The van der Waals surface area contributed by atoms with E-state index in [1.165, 1.54) is 12.0 Å². The number of nitrogens with one attached hydrogen (secondary N) is 1. The highest BCUT2D eigenvalue weighted by molar-refractivity contribution is 7.10. The number of halogens is 1. The number of benzene rings is 1. The van der Waals surface area contributed by atoms with Crippen molar-refractivity contribution in [3.05, 3.63) is 52.0 Å². The number of hydrogen-bond donors (Lipinski definition) is 1. The third-order valence-corrected chi connectivity index (χ3v) is 4.08. The molecule has 102 valence electrons. The molecule has 0 saturated heterocycles. The van der Waals surface area contributed by atoms with Gasteiger partial charge in [0.25, 0.3) is 0 Å². The smallest absolute Gasteiger partial charge is 0.169 e. The van der Waals surface area contributed by atoms with Gasteiger partial charge >= 0.3 is 0 Å². The summed E-state index contributed by atoms with van der Waals surface area (Å²) in [6.07, 6.45) is 0.978. The van der Waals surface area contributed by atoms with E-state index in [1.807, 2.05) is 12.1 Å².